The number of halogens is 1. The maximum atomic E-state index is 12.8. The summed E-state index contributed by atoms with van der Waals surface area (Å²) in [6.45, 7) is 5.12. The number of amides is 1. The number of rotatable bonds is 3. The van der Waals surface area contributed by atoms with E-state index in [9.17, 15) is 4.79 Å². The summed E-state index contributed by atoms with van der Waals surface area (Å²) in [6.07, 6.45) is 0. The number of hydrogen-bond donors (Lipinski definition) is 1. The van der Waals surface area contributed by atoms with Crippen LogP contribution in [0.2, 0.25) is 5.02 Å². The molecule has 6 heteroatoms. The van der Waals surface area contributed by atoms with Crippen LogP contribution in [-0.4, -0.2) is 47.2 Å². The van der Waals surface area contributed by atoms with Gasteiger partial charge in [0.25, 0.3) is 5.91 Å². The third-order valence-corrected chi connectivity index (χ3v) is 5.13. The van der Waals surface area contributed by atoms with E-state index >= 15 is 0 Å². The van der Waals surface area contributed by atoms with Crippen molar-refractivity contribution in [3.8, 4) is 11.3 Å². The zero-order valence-electron chi connectivity index (χ0n) is 15.2. The summed E-state index contributed by atoms with van der Waals surface area (Å²) < 4.78 is 0. The Morgan fingerprint density at radius 1 is 1.04 bits per heavy atom. The maximum Gasteiger partial charge on any atom is 0.272 e. The quantitative estimate of drug-likeness (QED) is 0.747. The number of piperazine rings is 1. The highest BCUT2D eigenvalue weighted by molar-refractivity contribution is 6.30. The highest BCUT2D eigenvalue weighted by Gasteiger charge is 2.23. The van der Waals surface area contributed by atoms with Crippen molar-refractivity contribution >= 4 is 23.2 Å². The Labute approximate surface area is 163 Å². The Morgan fingerprint density at radius 2 is 1.78 bits per heavy atom. The van der Waals surface area contributed by atoms with Crippen LogP contribution < -0.4 is 4.90 Å². The van der Waals surface area contributed by atoms with Gasteiger partial charge in [0.05, 0.1) is 5.69 Å². The van der Waals surface area contributed by atoms with Crippen molar-refractivity contribution in [2.24, 2.45) is 0 Å². The molecule has 0 spiro atoms. The molecule has 0 radical (unpaired) electrons. The van der Waals surface area contributed by atoms with Crippen LogP contribution in [0.4, 0.5) is 5.69 Å². The van der Waals surface area contributed by atoms with E-state index in [1.165, 1.54) is 11.3 Å². The smallest absolute Gasteiger partial charge is 0.272 e. The molecule has 1 fully saturated rings. The summed E-state index contributed by atoms with van der Waals surface area (Å²) in [7, 11) is 0. The van der Waals surface area contributed by atoms with Gasteiger partial charge in [-0.2, -0.15) is 5.10 Å². The van der Waals surface area contributed by atoms with Crippen LogP contribution in [0.15, 0.2) is 54.6 Å². The molecule has 0 atom stereocenters. The molecule has 0 bridgehead atoms. The molecule has 4 rings (SSSR count). The lowest BCUT2D eigenvalue weighted by Crippen LogP contribution is -2.48. The lowest BCUT2D eigenvalue weighted by atomic mass is 10.1. The molecule has 1 N–H and O–H groups in total. The average molecular weight is 381 g/mol. The molecule has 0 aliphatic carbocycles. The van der Waals surface area contributed by atoms with Gasteiger partial charge >= 0.3 is 0 Å². The van der Waals surface area contributed by atoms with Crippen LogP contribution in [-0.2, 0) is 0 Å². The second-order valence-corrected chi connectivity index (χ2v) is 7.23. The zero-order valence-corrected chi connectivity index (χ0v) is 15.9. The molecule has 0 saturated carbocycles. The van der Waals surface area contributed by atoms with E-state index < -0.39 is 0 Å². The molecule has 1 aliphatic heterocycles. The number of nitrogens with zero attached hydrogens (tertiary/aromatic N) is 3. The Kier molecular flexibility index (Phi) is 4.86. The average Bonchev–Trinajstić information content (AvgIpc) is 3.18. The first kappa shape index (κ1) is 17.6. The number of aromatic nitrogens is 2. The fourth-order valence-corrected chi connectivity index (χ4v) is 3.51. The fraction of sp³-hybridized carbons (Fsp3) is 0.238. The molecule has 1 saturated heterocycles. The minimum absolute atomic E-state index is 0.0145. The maximum absolute atomic E-state index is 12.8. The van der Waals surface area contributed by atoms with Crippen molar-refractivity contribution in [3.63, 3.8) is 0 Å². The molecular weight excluding hydrogens is 360 g/mol. The van der Waals surface area contributed by atoms with Gasteiger partial charge in [-0.3, -0.25) is 9.89 Å². The SMILES string of the molecule is Cc1ccc(N2CCN(C(=O)c3cc(-c4cccc(Cl)c4)n[nH]3)CC2)cc1. The molecule has 0 unspecified atom stereocenters. The molecular formula is C21H21ClN4O. The normalized spacial score (nSPS) is 14.4. The van der Waals surface area contributed by atoms with Gasteiger partial charge in [-0.1, -0.05) is 41.4 Å². The predicted molar refractivity (Wildman–Crippen MR) is 108 cm³/mol. The summed E-state index contributed by atoms with van der Waals surface area (Å²) in [4.78, 5) is 17.0. The van der Waals surface area contributed by atoms with Crippen molar-refractivity contribution < 1.29 is 4.79 Å². The van der Waals surface area contributed by atoms with Crippen molar-refractivity contribution in [2.45, 2.75) is 6.92 Å². The summed E-state index contributed by atoms with van der Waals surface area (Å²) in [5.41, 5.74) is 4.58. The van der Waals surface area contributed by atoms with Gasteiger partial charge in [0.2, 0.25) is 0 Å². The van der Waals surface area contributed by atoms with Crippen LogP contribution in [0, 0.1) is 6.92 Å². The third kappa shape index (κ3) is 3.83. The van der Waals surface area contributed by atoms with Gasteiger partial charge in [-0.05, 0) is 37.3 Å². The molecule has 2 heterocycles. The largest absolute Gasteiger partial charge is 0.368 e. The molecule has 138 valence electrons. The first-order valence-corrected chi connectivity index (χ1v) is 9.40. The van der Waals surface area contributed by atoms with Crippen LogP contribution in [0.25, 0.3) is 11.3 Å². The number of benzene rings is 2. The van der Waals surface area contributed by atoms with Gasteiger partial charge in [0.15, 0.2) is 0 Å². The number of carbonyl (C=O) groups excluding carboxylic acids is 1. The Bertz CT molecular complexity index is 943. The van der Waals surface area contributed by atoms with E-state index in [2.05, 4.69) is 46.3 Å². The van der Waals surface area contributed by atoms with Crippen LogP contribution in [0.1, 0.15) is 16.1 Å². The number of aryl methyl sites for hydroxylation is 1. The van der Waals surface area contributed by atoms with Crippen molar-refractivity contribution in [2.75, 3.05) is 31.1 Å². The van der Waals surface area contributed by atoms with E-state index in [-0.39, 0.29) is 5.91 Å². The summed E-state index contributed by atoms with van der Waals surface area (Å²) in [6, 6.07) is 17.8. The summed E-state index contributed by atoms with van der Waals surface area (Å²) in [5, 5.41) is 7.79. The second kappa shape index (κ2) is 7.45. The number of carbonyl (C=O) groups is 1. The van der Waals surface area contributed by atoms with Crippen LogP contribution >= 0.6 is 11.6 Å². The summed E-state index contributed by atoms with van der Waals surface area (Å²) in [5.74, 6) is -0.0145. The molecule has 1 aliphatic rings. The molecule has 27 heavy (non-hydrogen) atoms. The van der Waals surface area contributed by atoms with E-state index in [4.69, 9.17) is 11.6 Å². The number of H-pyrrole nitrogens is 1. The van der Waals surface area contributed by atoms with E-state index in [1.54, 1.807) is 6.07 Å². The van der Waals surface area contributed by atoms with Crippen molar-refractivity contribution in [3.05, 3.63) is 70.9 Å². The number of aromatic amines is 1. The third-order valence-electron chi connectivity index (χ3n) is 4.89. The second-order valence-electron chi connectivity index (χ2n) is 6.79. The number of nitrogens with one attached hydrogen (secondary N) is 1. The molecule has 1 amide bonds. The highest BCUT2D eigenvalue weighted by Crippen LogP contribution is 2.22. The van der Waals surface area contributed by atoms with E-state index in [0.717, 1.165) is 24.3 Å². The highest BCUT2D eigenvalue weighted by atomic mass is 35.5. The Balaban J connectivity index is 1.42. The topological polar surface area (TPSA) is 52.2 Å². The lowest BCUT2D eigenvalue weighted by Gasteiger charge is -2.36. The summed E-state index contributed by atoms with van der Waals surface area (Å²) >= 11 is 6.04. The van der Waals surface area contributed by atoms with Crippen molar-refractivity contribution in [1.29, 1.82) is 0 Å². The lowest BCUT2D eigenvalue weighted by molar-refractivity contribution is 0.0741. The molecule has 3 aromatic rings. The zero-order chi connectivity index (χ0) is 18.8. The minimum Gasteiger partial charge on any atom is -0.368 e. The molecule has 5 nitrogen and oxygen atoms in total. The van der Waals surface area contributed by atoms with Gasteiger partial charge in [-0.25, -0.2) is 0 Å². The number of hydrogen-bond acceptors (Lipinski definition) is 3. The molecule has 2 aromatic carbocycles. The standard InChI is InChI=1S/C21H21ClN4O/c1-15-5-7-18(8-6-15)25-9-11-26(12-10-25)21(27)20-14-19(23-24-20)16-3-2-4-17(22)13-16/h2-8,13-14H,9-12H2,1H3,(H,23,24). The predicted octanol–water partition coefficient (Wildman–Crippen LogP) is 4.00. The van der Waals surface area contributed by atoms with Crippen molar-refractivity contribution in [1.82, 2.24) is 15.1 Å². The van der Waals surface area contributed by atoms with Gasteiger partial charge in [0.1, 0.15) is 5.69 Å². The van der Waals surface area contributed by atoms with E-state index in [0.29, 0.717) is 23.8 Å². The first-order valence-electron chi connectivity index (χ1n) is 9.02. The minimum atomic E-state index is -0.0145. The van der Waals surface area contributed by atoms with Gasteiger partial charge < -0.3 is 9.80 Å². The molecule has 1 aromatic heterocycles. The number of anilines is 1. The first-order chi connectivity index (χ1) is 13.1. The van der Waals surface area contributed by atoms with Gasteiger partial charge in [0, 0.05) is 42.5 Å². The fourth-order valence-electron chi connectivity index (χ4n) is 3.32. The Hall–Kier alpha value is -2.79. The van der Waals surface area contributed by atoms with Gasteiger partial charge in [-0.15, -0.1) is 0 Å². The van der Waals surface area contributed by atoms with Crippen LogP contribution in [0.5, 0.6) is 0 Å². The monoisotopic (exact) mass is 380 g/mol. The van der Waals surface area contributed by atoms with Crippen LogP contribution in [0.3, 0.4) is 0 Å². The van der Waals surface area contributed by atoms with E-state index in [1.807, 2.05) is 29.2 Å². The Morgan fingerprint density at radius 3 is 2.48 bits per heavy atom.